The minimum atomic E-state index is -3.62. The number of ether oxygens (including phenoxy) is 1. The Morgan fingerprint density at radius 1 is 0.868 bits per heavy atom. The highest BCUT2D eigenvalue weighted by Gasteiger charge is 2.55. The number of aryl methyl sites for hydroxylation is 1. The van der Waals surface area contributed by atoms with Gasteiger partial charge in [0.05, 0.1) is 6.42 Å². The minimum Gasteiger partial charge on any atom is -0.481 e. The topological polar surface area (TPSA) is 92.7 Å². The second-order valence-electron chi connectivity index (χ2n) is 9.68. The molecule has 6 nitrogen and oxygen atoms in total. The molecule has 4 aromatic carbocycles. The van der Waals surface area contributed by atoms with E-state index in [1.54, 1.807) is 24.3 Å². The summed E-state index contributed by atoms with van der Waals surface area (Å²) in [6.45, 7) is 2.16. The fourth-order valence-corrected chi connectivity index (χ4v) is 6.40. The molecule has 0 unspecified atom stereocenters. The Kier molecular flexibility index (Phi) is 7.06. The number of nitrogens with one attached hydrogen (secondary N) is 1. The molecule has 1 fully saturated rings. The Morgan fingerprint density at radius 3 is 2.11 bits per heavy atom. The van der Waals surface area contributed by atoms with Crippen molar-refractivity contribution in [3.8, 4) is 22.6 Å². The molecular formula is C31H29NO5S. The second kappa shape index (κ2) is 10.4. The summed E-state index contributed by atoms with van der Waals surface area (Å²) in [4.78, 5) is 10.9. The summed E-state index contributed by atoms with van der Waals surface area (Å²) < 4.78 is 34.4. The van der Waals surface area contributed by atoms with Gasteiger partial charge in [-0.1, -0.05) is 72.8 Å². The van der Waals surface area contributed by atoms with Crippen molar-refractivity contribution in [1.29, 1.82) is 0 Å². The van der Waals surface area contributed by atoms with Gasteiger partial charge < -0.3 is 9.84 Å². The summed E-state index contributed by atoms with van der Waals surface area (Å²) in [6.07, 6.45) is 1.09. The number of hydrogen-bond acceptors (Lipinski definition) is 4. The van der Waals surface area contributed by atoms with Crippen LogP contribution in [0.25, 0.3) is 11.1 Å². The van der Waals surface area contributed by atoms with Crippen LogP contribution < -0.4 is 9.46 Å². The number of carboxylic acids is 1. The van der Waals surface area contributed by atoms with Crippen molar-refractivity contribution >= 4 is 16.0 Å². The lowest BCUT2D eigenvalue weighted by Crippen LogP contribution is -2.34. The molecule has 0 heterocycles. The maximum absolute atomic E-state index is 13.4. The number of benzene rings is 4. The van der Waals surface area contributed by atoms with Crippen LogP contribution in [0.2, 0.25) is 0 Å². The first-order valence-corrected chi connectivity index (χ1v) is 14.0. The van der Waals surface area contributed by atoms with Crippen LogP contribution in [0.3, 0.4) is 0 Å². The number of carbonyl (C=O) groups is 1. The SMILES string of the molecule is Cc1cc(C2(S(=O)(=O)NCc3ccc(CC(=O)O)cc3)CC2)ccc1-c1ccc(Oc2ccccc2)cc1. The molecule has 0 saturated heterocycles. The normalized spacial score (nSPS) is 14.1. The number of aliphatic carboxylic acids is 1. The highest BCUT2D eigenvalue weighted by Crippen LogP contribution is 2.53. The van der Waals surface area contributed by atoms with E-state index in [0.717, 1.165) is 39.3 Å². The van der Waals surface area contributed by atoms with Gasteiger partial charge in [0.25, 0.3) is 0 Å². The fraction of sp³-hybridized carbons (Fsp3) is 0.194. The standard InChI is InChI=1S/C31H29NO5S/c1-22-19-26(13-16-29(22)25-11-14-28(15-12-25)37-27-5-3-2-4-6-27)31(17-18-31)38(35,36)32-21-24-9-7-23(8-10-24)20-30(33)34/h2-16,19,32H,17-18,20-21H2,1H3,(H,33,34). The van der Waals surface area contributed by atoms with Gasteiger partial charge in [-0.3, -0.25) is 4.79 Å². The molecule has 4 aromatic rings. The summed E-state index contributed by atoms with van der Waals surface area (Å²) in [6, 6.07) is 30.3. The first-order chi connectivity index (χ1) is 18.3. The molecule has 194 valence electrons. The molecule has 1 aliphatic carbocycles. The van der Waals surface area contributed by atoms with E-state index in [9.17, 15) is 13.2 Å². The van der Waals surface area contributed by atoms with E-state index >= 15 is 0 Å². The third kappa shape index (κ3) is 5.49. The van der Waals surface area contributed by atoms with Gasteiger partial charge in [-0.25, -0.2) is 13.1 Å². The first kappa shape index (κ1) is 25.7. The zero-order valence-corrected chi connectivity index (χ0v) is 21.9. The zero-order valence-electron chi connectivity index (χ0n) is 21.1. The van der Waals surface area contributed by atoms with Crippen molar-refractivity contribution in [1.82, 2.24) is 4.72 Å². The lowest BCUT2D eigenvalue weighted by atomic mass is 9.97. The monoisotopic (exact) mass is 527 g/mol. The Morgan fingerprint density at radius 2 is 1.50 bits per heavy atom. The smallest absolute Gasteiger partial charge is 0.307 e. The molecule has 1 saturated carbocycles. The van der Waals surface area contributed by atoms with E-state index in [1.807, 2.05) is 79.7 Å². The zero-order chi connectivity index (χ0) is 26.8. The van der Waals surface area contributed by atoms with Gasteiger partial charge in [0.1, 0.15) is 16.2 Å². The molecule has 1 aliphatic rings. The highest BCUT2D eigenvalue weighted by atomic mass is 32.2. The van der Waals surface area contributed by atoms with Gasteiger partial charge in [0.2, 0.25) is 10.0 Å². The molecule has 0 spiro atoms. The van der Waals surface area contributed by atoms with Gasteiger partial charge in [-0.05, 0) is 77.4 Å². The maximum atomic E-state index is 13.4. The number of para-hydroxylation sites is 1. The van der Waals surface area contributed by atoms with Crippen molar-refractivity contribution in [2.24, 2.45) is 0 Å². The van der Waals surface area contributed by atoms with E-state index in [4.69, 9.17) is 9.84 Å². The molecule has 0 aromatic heterocycles. The van der Waals surface area contributed by atoms with Crippen molar-refractivity contribution in [3.63, 3.8) is 0 Å². The molecular weight excluding hydrogens is 498 g/mol. The van der Waals surface area contributed by atoms with Gasteiger partial charge in [0, 0.05) is 6.54 Å². The Bertz CT molecular complexity index is 1540. The van der Waals surface area contributed by atoms with Crippen LogP contribution in [0, 0.1) is 6.92 Å². The Hall–Kier alpha value is -3.94. The molecule has 0 amide bonds. The summed E-state index contributed by atoms with van der Waals surface area (Å²) >= 11 is 0. The van der Waals surface area contributed by atoms with E-state index in [2.05, 4.69) is 4.72 Å². The Labute approximate surface area is 223 Å². The van der Waals surface area contributed by atoms with E-state index in [0.29, 0.717) is 18.4 Å². The van der Waals surface area contributed by atoms with Gasteiger partial charge in [-0.2, -0.15) is 0 Å². The van der Waals surface area contributed by atoms with Crippen molar-refractivity contribution in [3.05, 3.63) is 119 Å². The molecule has 38 heavy (non-hydrogen) atoms. The molecule has 0 radical (unpaired) electrons. The van der Waals surface area contributed by atoms with Crippen LogP contribution in [-0.2, 0) is 32.5 Å². The van der Waals surface area contributed by atoms with Crippen molar-refractivity contribution < 1.29 is 23.1 Å². The summed E-state index contributed by atoms with van der Waals surface area (Å²) in [5.41, 5.74) is 5.34. The number of carboxylic acid groups (broad SMARTS) is 1. The van der Waals surface area contributed by atoms with Crippen LogP contribution in [-0.4, -0.2) is 19.5 Å². The van der Waals surface area contributed by atoms with Crippen molar-refractivity contribution in [2.75, 3.05) is 0 Å². The molecule has 0 bridgehead atoms. The summed E-state index contributed by atoms with van der Waals surface area (Å²) in [5.74, 6) is 0.630. The third-order valence-electron chi connectivity index (χ3n) is 6.96. The van der Waals surface area contributed by atoms with Crippen LogP contribution in [0.4, 0.5) is 0 Å². The summed E-state index contributed by atoms with van der Waals surface area (Å²) in [5, 5.41) is 8.92. The van der Waals surface area contributed by atoms with Crippen LogP contribution in [0.15, 0.2) is 97.1 Å². The molecule has 2 N–H and O–H groups in total. The van der Waals surface area contributed by atoms with E-state index in [1.165, 1.54) is 0 Å². The largest absolute Gasteiger partial charge is 0.481 e. The van der Waals surface area contributed by atoms with Crippen LogP contribution in [0.1, 0.15) is 35.1 Å². The quantitative estimate of drug-likeness (QED) is 0.257. The first-order valence-electron chi connectivity index (χ1n) is 12.5. The Balaban J connectivity index is 1.28. The highest BCUT2D eigenvalue weighted by molar-refractivity contribution is 7.90. The molecule has 7 heteroatoms. The predicted molar refractivity (Wildman–Crippen MR) is 148 cm³/mol. The van der Waals surface area contributed by atoms with E-state index < -0.39 is 20.7 Å². The van der Waals surface area contributed by atoms with Crippen molar-refractivity contribution in [2.45, 2.75) is 37.5 Å². The lowest BCUT2D eigenvalue weighted by molar-refractivity contribution is -0.136. The van der Waals surface area contributed by atoms with Gasteiger partial charge >= 0.3 is 5.97 Å². The average molecular weight is 528 g/mol. The molecule has 5 rings (SSSR count). The fourth-order valence-electron chi connectivity index (χ4n) is 4.69. The van der Waals surface area contributed by atoms with Crippen LogP contribution in [0.5, 0.6) is 11.5 Å². The molecule has 0 atom stereocenters. The number of sulfonamides is 1. The number of rotatable bonds is 10. The lowest BCUT2D eigenvalue weighted by Gasteiger charge is -2.19. The van der Waals surface area contributed by atoms with Crippen LogP contribution >= 0.6 is 0 Å². The predicted octanol–water partition coefficient (Wildman–Crippen LogP) is 6.19. The average Bonchev–Trinajstić information content (AvgIpc) is 3.72. The third-order valence-corrected chi connectivity index (χ3v) is 9.16. The summed E-state index contributed by atoms with van der Waals surface area (Å²) in [7, 11) is -3.62. The number of hydrogen-bond donors (Lipinski definition) is 2. The maximum Gasteiger partial charge on any atom is 0.307 e. The molecule has 0 aliphatic heterocycles. The van der Waals surface area contributed by atoms with E-state index in [-0.39, 0.29) is 13.0 Å². The van der Waals surface area contributed by atoms with Gasteiger partial charge in [-0.15, -0.1) is 0 Å². The minimum absolute atomic E-state index is 0.0595. The second-order valence-corrected chi connectivity index (χ2v) is 11.8. The van der Waals surface area contributed by atoms with Gasteiger partial charge in [0.15, 0.2) is 0 Å².